The van der Waals surface area contributed by atoms with Gasteiger partial charge in [-0.3, -0.25) is 9.69 Å². The molecule has 0 radical (unpaired) electrons. The van der Waals surface area contributed by atoms with E-state index in [4.69, 9.17) is 4.42 Å². The van der Waals surface area contributed by atoms with Crippen LogP contribution in [0.2, 0.25) is 0 Å². The zero-order chi connectivity index (χ0) is 20.4. The molecule has 3 aromatic rings. The molecule has 1 saturated heterocycles. The van der Waals surface area contributed by atoms with Crippen LogP contribution in [0.25, 0.3) is 11.1 Å². The Bertz CT molecular complexity index is 944. The number of rotatable bonds is 4. The molecule has 1 fully saturated rings. The summed E-state index contributed by atoms with van der Waals surface area (Å²) in [7, 11) is 0. The number of fused-ring (bicyclic) bond motifs is 1. The molecule has 1 N–H and O–H groups in total. The molecule has 0 atom stereocenters. The maximum Gasteiger partial charge on any atom is 0.238 e. The predicted molar refractivity (Wildman–Crippen MR) is 116 cm³/mol. The molecule has 152 valence electrons. The Kier molecular flexibility index (Phi) is 5.41. The Balaban J connectivity index is 1.28. The minimum Gasteiger partial charge on any atom is -0.440 e. The van der Waals surface area contributed by atoms with E-state index in [0.717, 1.165) is 48.6 Å². The Hall–Kier alpha value is -2.66. The second-order valence-corrected chi connectivity index (χ2v) is 8.95. The van der Waals surface area contributed by atoms with Gasteiger partial charge < -0.3 is 9.73 Å². The molecule has 4 rings (SSSR count). The summed E-state index contributed by atoms with van der Waals surface area (Å²) < 4.78 is 5.93. The van der Waals surface area contributed by atoms with E-state index in [9.17, 15) is 4.79 Å². The number of nitrogens with zero attached hydrogens (tertiary/aromatic N) is 2. The second-order valence-electron chi connectivity index (χ2n) is 8.95. The predicted octanol–water partition coefficient (Wildman–Crippen LogP) is 4.94. The largest absolute Gasteiger partial charge is 0.440 e. The number of amides is 1. The molecule has 2 heterocycles. The fourth-order valence-corrected chi connectivity index (χ4v) is 3.86. The zero-order valence-corrected chi connectivity index (χ0v) is 17.4. The fraction of sp³-hybridized carbons (Fsp3) is 0.417. The topological polar surface area (TPSA) is 58.4 Å². The van der Waals surface area contributed by atoms with Gasteiger partial charge in [-0.1, -0.05) is 45.0 Å². The van der Waals surface area contributed by atoms with Crippen LogP contribution in [0.1, 0.15) is 51.0 Å². The van der Waals surface area contributed by atoms with Crippen LogP contribution in [0.3, 0.4) is 0 Å². The number of oxazole rings is 1. The van der Waals surface area contributed by atoms with Crippen LogP contribution in [-0.4, -0.2) is 35.4 Å². The summed E-state index contributed by atoms with van der Waals surface area (Å²) in [6.45, 7) is 8.72. The zero-order valence-electron chi connectivity index (χ0n) is 17.4. The van der Waals surface area contributed by atoms with E-state index < -0.39 is 0 Å². The average molecular weight is 392 g/mol. The van der Waals surface area contributed by atoms with Gasteiger partial charge in [0.2, 0.25) is 5.91 Å². The summed E-state index contributed by atoms with van der Waals surface area (Å²) in [5.41, 5.74) is 3.99. The minimum absolute atomic E-state index is 0.0359. The third-order valence-electron chi connectivity index (χ3n) is 5.65. The second kappa shape index (κ2) is 7.99. The van der Waals surface area contributed by atoms with E-state index >= 15 is 0 Å². The van der Waals surface area contributed by atoms with Crippen LogP contribution in [0, 0.1) is 0 Å². The smallest absolute Gasteiger partial charge is 0.238 e. The first kappa shape index (κ1) is 19.6. The van der Waals surface area contributed by atoms with Crippen LogP contribution < -0.4 is 5.32 Å². The van der Waals surface area contributed by atoms with Gasteiger partial charge in [0.25, 0.3) is 0 Å². The van der Waals surface area contributed by atoms with Crippen molar-refractivity contribution in [1.29, 1.82) is 0 Å². The average Bonchev–Trinajstić information content (AvgIpc) is 3.12. The molecule has 0 bridgehead atoms. The van der Waals surface area contributed by atoms with Crippen molar-refractivity contribution in [2.45, 2.75) is 44.9 Å². The van der Waals surface area contributed by atoms with Crippen LogP contribution in [0.15, 0.2) is 52.9 Å². The van der Waals surface area contributed by atoms with Crippen molar-refractivity contribution in [3.63, 3.8) is 0 Å². The Labute approximate surface area is 172 Å². The number of benzene rings is 2. The van der Waals surface area contributed by atoms with E-state index in [1.54, 1.807) is 0 Å². The maximum absolute atomic E-state index is 12.4. The normalized spacial score (nSPS) is 16.2. The first-order valence-electron chi connectivity index (χ1n) is 10.4. The van der Waals surface area contributed by atoms with E-state index in [-0.39, 0.29) is 11.3 Å². The van der Waals surface area contributed by atoms with Gasteiger partial charge in [-0.25, -0.2) is 4.98 Å². The van der Waals surface area contributed by atoms with Gasteiger partial charge in [-0.2, -0.15) is 0 Å². The first-order chi connectivity index (χ1) is 13.9. The lowest BCUT2D eigenvalue weighted by molar-refractivity contribution is -0.117. The summed E-state index contributed by atoms with van der Waals surface area (Å²) in [6, 6.07) is 16.0. The monoisotopic (exact) mass is 391 g/mol. The third-order valence-corrected chi connectivity index (χ3v) is 5.65. The molecule has 2 aromatic carbocycles. The highest BCUT2D eigenvalue weighted by Crippen LogP contribution is 2.30. The molecule has 0 spiro atoms. The van der Waals surface area contributed by atoms with E-state index in [0.29, 0.717) is 12.5 Å². The van der Waals surface area contributed by atoms with Gasteiger partial charge in [0.1, 0.15) is 5.52 Å². The molecule has 0 unspecified atom stereocenters. The van der Waals surface area contributed by atoms with E-state index in [2.05, 4.69) is 48.1 Å². The van der Waals surface area contributed by atoms with Crippen molar-refractivity contribution < 1.29 is 9.21 Å². The van der Waals surface area contributed by atoms with Crippen LogP contribution >= 0.6 is 0 Å². The van der Waals surface area contributed by atoms with Gasteiger partial charge in [-0.15, -0.1) is 0 Å². The molecule has 5 heteroatoms. The Morgan fingerprint density at radius 3 is 2.45 bits per heavy atom. The molecule has 5 nitrogen and oxygen atoms in total. The van der Waals surface area contributed by atoms with Gasteiger partial charge in [0.15, 0.2) is 11.5 Å². The lowest BCUT2D eigenvalue weighted by Crippen LogP contribution is -2.38. The molecule has 1 aliphatic heterocycles. The van der Waals surface area contributed by atoms with Crippen molar-refractivity contribution in [3.05, 3.63) is 60.0 Å². The van der Waals surface area contributed by atoms with Crippen molar-refractivity contribution in [1.82, 2.24) is 9.88 Å². The number of hydrogen-bond acceptors (Lipinski definition) is 4. The fourth-order valence-electron chi connectivity index (χ4n) is 3.86. The van der Waals surface area contributed by atoms with E-state index in [1.807, 2.05) is 36.4 Å². The summed E-state index contributed by atoms with van der Waals surface area (Å²) in [5, 5.41) is 3.02. The van der Waals surface area contributed by atoms with Gasteiger partial charge in [-0.05, 0) is 61.2 Å². The highest BCUT2D eigenvalue weighted by Gasteiger charge is 2.25. The Morgan fingerprint density at radius 2 is 1.79 bits per heavy atom. The third kappa shape index (κ3) is 4.67. The van der Waals surface area contributed by atoms with Crippen molar-refractivity contribution in [2.24, 2.45) is 0 Å². The number of nitrogens with one attached hydrogen (secondary N) is 1. The standard InChI is InChI=1S/C24H29N3O2/c1-24(2,3)18-8-10-19(11-9-18)25-22(28)16-27-14-12-17(13-15-27)23-26-20-6-4-5-7-21(20)29-23/h4-11,17H,12-16H2,1-3H3,(H,25,28). The SMILES string of the molecule is CC(C)(C)c1ccc(NC(=O)CN2CCC(c3nc4ccccc4o3)CC2)cc1. The number of hydrogen-bond donors (Lipinski definition) is 1. The lowest BCUT2D eigenvalue weighted by Gasteiger charge is -2.29. The summed E-state index contributed by atoms with van der Waals surface area (Å²) in [5.74, 6) is 1.19. The number of para-hydroxylation sites is 2. The van der Waals surface area contributed by atoms with Crippen molar-refractivity contribution in [3.8, 4) is 0 Å². The lowest BCUT2D eigenvalue weighted by atomic mass is 9.87. The molecule has 0 aliphatic carbocycles. The highest BCUT2D eigenvalue weighted by atomic mass is 16.3. The van der Waals surface area contributed by atoms with Gasteiger partial charge >= 0.3 is 0 Å². The molecular weight excluding hydrogens is 362 g/mol. The van der Waals surface area contributed by atoms with Crippen molar-refractivity contribution in [2.75, 3.05) is 25.0 Å². The molecular formula is C24H29N3O2. The molecule has 1 amide bonds. The number of carbonyl (C=O) groups excluding carboxylic acids is 1. The minimum atomic E-state index is 0.0359. The summed E-state index contributed by atoms with van der Waals surface area (Å²) in [4.78, 5) is 19.3. The molecule has 0 saturated carbocycles. The molecule has 1 aliphatic rings. The van der Waals surface area contributed by atoms with Crippen molar-refractivity contribution >= 4 is 22.7 Å². The number of piperidine rings is 1. The first-order valence-corrected chi connectivity index (χ1v) is 10.4. The van der Waals surface area contributed by atoms with Crippen LogP contribution in [0.5, 0.6) is 0 Å². The number of carbonyl (C=O) groups is 1. The van der Waals surface area contributed by atoms with Gasteiger partial charge in [0.05, 0.1) is 6.54 Å². The van der Waals surface area contributed by atoms with E-state index in [1.165, 1.54) is 5.56 Å². The quantitative estimate of drug-likeness (QED) is 0.684. The van der Waals surface area contributed by atoms with Crippen LogP contribution in [0.4, 0.5) is 5.69 Å². The number of likely N-dealkylation sites (tertiary alicyclic amines) is 1. The number of anilines is 1. The Morgan fingerprint density at radius 1 is 1.10 bits per heavy atom. The highest BCUT2D eigenvalue weighted by molar-refractivity contribution is 5.92. The summed E-state index contributed by atoms with van der Waals surface area (Å²) >= 11 is 0. The number of aromatic nitrogens is 1. The molecule has 1 aromatic heterocycles. The molecule has 29 heavy (non-hydrogen) atoms. The summed E-state index contributed by atoms with van der Waals surface area (Å²) in [6.07, 6.45) is 1.92. The van der Waals surface area contributed by atoms with Gasteiger partial charge in [0, 0.05) is 11.6 Å². The van der Waals surface area contributed by atoms with Crippen LogP contribution in [-0.2, 0) is 10.2 Å². The maximum atomic E-state index is 12.4.